The number of benzene rings is 2. The van der Waals surface area contributed by atoms with Gasteiger partial charge in [0.1, 0.15) is 11.2 Å². The summed E-state index contributed by atoms with van der Waals surface area (Å²) in [6.45, 7) is 1.56. The third-order valence-electron chi connectivity index (χ3n) is 4.47. The maximum atomic E-state index is 12.6. The number of amides is 2. The molecule has 30 heavy (non-hydrogen) atoms. The summed E-state index contributed by atoms with van der Waals surface area (Å²) in [5, 5.41) is 7.92. The second-order valence-corrected chi connectivity index (χ2v) is 6.70. The van der Waals surface area contributed by atoms with Crippen molar-refractivity contribution in [2.75, 3.05) is 19.0 Å². The highest BCUT2D eigenvalue weighted by Gasteiger charge is 2.48. The van der Waals surface area contributed by atoms with Gasteiger partial charge in [-0.15, -0.1) is 13.2 Å². The lowest BCUT2D eigenvalue weighted by Gasteiger charge is -2.23. The van der Waals surface area contributed by atoms with Crippen LogP contribution in [0.1, 0.15) is 12.5 Å². The van der Waals surface area contributed by atoms with Gasteiger partial charge in [-0.3, -0.25) is 4.79 Å². The molecule has 0 radical (unpaired) electrons. The zero-order valence-electron chi connectivity index (χ0n) is 16.1. The van der Waals surface area contributed by atoms with Gasteiger partial charge in [0.2, 0.25) is 0 Å². The Kier molecular flexibility index (Phi) is 5.68. The van der Waals surface area contributed by atoms with E-state index in [1.807, 2.05) is 6.07 Å². The first kappa shape index (κ1) is 21.2. The molecule has 0 saturated carbocycles. The minimum absolute atomic E-state index is 0.0645. The lowest BCUT2D eigenvalue weighted by molar-refractivity contribution is -0.274. The summed E-state index contributed by atoms with van der Waals surface area (Å²) in [6.07, 6.45) is -4.80. The van der Waals surface area contributed by atoms with Crippen molar-refractivity contribution < 1.29 is 32.2 Å². The Morgan fingerprint density at radius 3 is 2.30 bits per heavy atom. The smallest absolute Gasteiger partial charge is 0.468 e. The summed E-state index contributed by atoms with van der Waals surface area (Å²) < 4.78 is 45.4. The van der Waals surface area contributed by atoms with Crippen molar-refractivity contribution in [1.82, 2.24) is 5.01 Å². The normalized spacial score (nSPS) is 18.6. The number of carbonyl (C=O) groups excluding carboxylic acids is 2. The van der Waals surface area contributed by atoms with Crippen molar-refractivity contribution >= 4 is 23.4 Å². The quantitative estimate of drug-likeness (QED) is 0.757. The number of halogens is 3. The number of hydrogen-bond donors (Lipinski definition) is 1. The van der Waals surface area contributed by atoms with Gasteiger partial charge in [-0.05, 0) is 36.8 Å². The van der Waals surface area contributed by atoms with E-state index in [1.165, 1.54) is 19.2 Å². The molecule has 0 aliphatic carbocycles. The van der Waals surface area contributed by atoms with Crippen LogP contribution < -0.4 is 10.1 Å². The molecule has 1 unspecified atom stereocenters. The average Bonchev–Trinajstić information content (AvgIpc) is 3.07. The van der Waals surface area contributed by atoms with Crippen molar-refractivity contribution in [1.29, 1.82) is 0 Å². The molecule has 10 heteroatoms. The lowest BCUT2D eigenvalue weighted by Crippen LogP contribution is -2.42. The van der Waals surface area contributed by atoms with E-state index in [9.17, 15) is 22.8 Å². The van der Waals surface area contributed by atoms with E-state index in [0.717, 1.165) is 17.1 Å². The number of carbonyl (C=O) groups is 2. The van der Waals surface area contributed by atoms with E-state index in [1.54, 1.807) is 31.2 Å². The van der Waals surface area contributed by atoms with Crippen LogP contribution in [0.2, 0.25) is 0 Å². The largest absolute Gasteiger partial charge is 0.573 e. The first-order valence-electron chi connectivity index (χ1n) is 8.79. The Morgan fingerprint density at radius 1 is 1.10 bits per heavy atom. The summed E-state index contributed by atoms with van der Waals surface area (Å²) in [7, 11) is 1.25. The van der Waals surface area contributed by atoms with E-state index in [0.29, 0.717) is 11.3 Å². The van der Waals surface area contributed by atoms with E-state index in [-0.39, 0.29) is 12.2 Å². The van der Waals surface area contributed by atoms with Gasteiger partial charge in [0, 0.05) is 5.69 Å². The predicted octanol–water partition coefficient (Wildman–Crippen LogP) is 4.02. The van der Waals surface area contributed by atoms with Crippen LogP contribution in [0.15, 0.2) is 59.7 Å². The molecular formula is C20H18F3N3O4. The number of ether oxygens (including phenoxy) is 2. The minimum atomic E-state index is -4.80. The van der Waals surface area contributed by atoms with Gasteiger partial charge in [0.25, 0.3) is 0 Å². The molecule has 158 valence electrons. The number of alkyl halides is 3. The number of methoxy groups -OCH3 is 1. The number of esters is 1. The maximum Gasteiger partial charge on any atom is 0.573 e. The van der Waals surface area contributed by atoms with Crippen LogP contribution in [0.3, 0.4) is 0 Å². The molecule has 0 fully saturated rings. The second-order valence-electron chi connectivity index (χ2n) is 6.70. The molecule has 0 aromatic heterocycles. The third kappa shape index (κ3) is 4.53. The lowest BCUT2D eigenvalue weighted by atomic mass is 9.82. The standard InChI is InChI=1S/C20H18F3N3O4/c1-19(17(27)29-2)12-26(25-16(19)13-6-4-3-5-7-13)18(28)24-14-8-10-15(11-9-14)30-20(21,22)23/h3-11H,12H2,1-2H3,(H,24,28). The van der Waals surface area contributed by atoms with Crippen LogP contribution in [-0.4, -0.2) is 42.7 Å². The van der Waals surface area contributed by atoms with Crippen molar-refractivity contribution in [3.63, 3.8) is 0 Å². The van der Waals surface area contributed by atoms with Gasteiger partial charge >= 0.3 is 18.4 Å². The fraction of sp³-hybridized carbons (Fsp3) is 0.250. The van der Waals surface area contributed by atoms with E-state index in [2.05, 4.69) is 15.2 Å². The van der Waals surface area contributed by atoms with E-state index in [4.69, 9.17) is 4.74 Å². The number of urea groups is 1. The van der Waals surface area contributed by atoms with Gasteiger partial charge in [0.05, 0.1) is 19.4 Å². The molecule has 0 saturated heterocycles. The molecule has 7 nitrogen and oxygen atoms in total. The molecule has 2 amide bonds. The SMILES string of the molecule is COC(=O)C1(C)CN(C(=O)Nc2ccc(OC(F)(F)F)cc2)N=C1c1ccccc1. The number of hydrogen-bond acceptors (Lipinski definition) is 5. The number of rotatable bonds is 4. The van der Waals surface area contributed by atoms with Crippen LogP contribution in [0.25, 0.3) is 0 Å². The van der Waals surface area contributed by atoms with Gasteiger partial charge in [-0.25, -0.2) is 9.80 Å². The fourth-order valence-electron chi connectivity index (χ4n) is 3.04. The molecular weight excluding hydrogens is 403 g/mol. The molecule has 1 atom stereocenters. The Balaban J connectivity index is 1.79. The third-order valence-corrected chi connectivity index (χ3v) is 4.47. The first-order valence-corrected chi connectivity index (χ1v) is 8.79. The summed E-state index contributed by atoms with van der Waals surface area (Å²) in [4.78, 5) is 25.1. The van der Waals surface area contributed by atoms with Crippen molar-refractivity contribution in [2.24, 2.45) is 10.5 Å². The Hall–Kier alpha value is -3.56. The molecule has 1 aliphatic heterocycles. The summed E-state index contributed by atoms with van der Waals surface area (Å²) in [6, 6.07) is 12.9. The Morgan fingerprint density at radius 2 is 1.73 bits per heavy atom. The highest BCUT2D eigenvalue weighted by atomic mass is 19.4. The molecule has 1 heterocycles. The highest BCUT2D eigenvalue weighted by Crippen LogP contribution is 2.33. The average molecular weight is 421 g/mol. The number of nitrogens with one attached hydrogen (secondary N) is 1. The number of hydrazone groups is 1. The Bertz CT molecular complexity index is 962. The van der Waals surface area contributed by atoms with E-state index >= 15 is 0 Å². The van der Waals surface area contributed by atoms with Crippen molar-refractivity contribution in [3.05, 3.63) is 60.2 Å². The molecule has 0 spiro atoms. The highest BCUT2D eigenvalue weighted by molar-refractivity contribution is 6.17. The van der Waals surface area contributed by atoms with Gasteiger partial charge in [-0.2, -0.15) is 5.10 Å². The first-order chi connectivity index (χ1) is 14.1. The molecule has 2 aromatic rings. The molecule has 2 aromatic carbocycles. The minimum Gasteiger partial charge on any atom is -0.468 e. The van der Waals surface area contributed by atoms with Crippen molar-refractivity contribution in [3.8, 4) is 5.75 Å². The Labute approximate surface area is 170 Å². The summed E-state index contributed by atoms with van der Waals surface area (Å²) in [5.41, 5.74) is 0.0868. The van der Waals surface area contributed by atoms with Crippen LogP contribution in [0.4, 0.5) is 23.7 Å². The predicted molar refractivity (Wildman–Crippen MR) is 102 cm³/mol. The zero-order chi connectivity index (χ0) is 21.9. The topological polar surface area (TPSA) is 80.2 Å². The maximum absolute atomic E-state index is 12.6. The fourth-order valence-corrected chi connectivity index (χ4v) is 3.04. The van der Waals surface area contributed by atoms with Gasteiger partial charge in [0.15, 0.2) is 0 Å². The van der Waals surface area contributed by atoms with Crippen molar-refractivity contribution in [2.45, 2.75) is 13.3 Å². The van der Waals surface area contributed by atoms with Crippen LogP contribution in [0.5, 0.6) is 5.75 Å². The second kappa shape index (κ2) is 8.05. The zero-order valence-corrected chi connectivity index (χ0v) is 16.1. The molecule has 3 rings (SSSR count). The summed E-state index contributed by atoms with van der Waals surface area (Å²) in [5.74, 6) is -0.960. The van der Waals surface area contributed by atoms with Crippen LogP contribution in [-0.2, 0) is 9.53 Å². The van der Waals surface area contributed by atoms with Gasteiger partial charge in [-0.1, -0.05) is 30.3 Å². The van der Waals surface area contributed by atoms with Gasteiger partial charge < -0.3 is 14.8 Å². The summed E-state index contributed by atoms with van der Waals surface area (Å²) >= 11 is 0. The van der Waals surface area contributed by atoms with Crippen LogP contribution in [0, 0.1) is 5.41 Å². The number of nitrogens with zero attached hydrogens (tertiary/aromatic N) is 2. The molecule has 1 N–H and O–H groups in total. The monoisotopic (exact) mass is 421 g/mol. The molecule has 1 aliphatic rings. The van der Waals surface area contributed by atoms with E-state index < -0.39 is 29.5 Å². The number of anilines is 1. The van der Waals surface area contributed by atoms with Crippen LogP contribution >= 0.6 is 0 Å². The molecule has 0 bridgehead atoms.